The Hall–Kier alpha value is 0.310. The molecule has 1 saturated carbocycles. The monoisotopic (exact) mass is 297 g/mol. The normalized spacial score (nSPS) is 30.3. The van der Waals surface area contributed by atoms with E-state index in [-0.39, 0.29) is 0 Å². The summed E-state index contributed by atoms with van der Waals surface area (Å²) in [6, 6.07) is 0.817. The van der Waals surface area contributed by atoms with E-state index in [1.54, 1.807) is 0 Å². The molecule has 2 rings (SSSR count). The predicted octanol–water partition coefficient (Wildman–Crippen LogP) is 5.10. The van der Waals surface area contributed by atoms with E-state index in [1.807, 2.05) is 0 Å². The average Bonchev–Trinajstić information content (AvgIpc) is 2.52. The van der Waals surface area contributed by atoms with Crippen molar-refractivity contribution in [3.63, 3.8) is 0 Å². The molecular weight excluding hydrogens is 262 g/mol. The number of thioether (sulfide) groups is 1. The van der Waals surface area contributed by atoms with Gasteiger partial charge >= 0.3 is 0 Å². The lowest BCUT2D eigenvalue weighted by Crippen LogP contribution is -2.40. The van der Waals surface area contributed by atoms with Crippen LogP contribution >= 0.6 is 11.8 Å². The molecule has 1 saturated heterocycles. The first-order valence-corrected chi connectivity index (χ1v) is 10.3. The molecule has 2 heteroatoms. The van der Waals surface area contributed by atoms with Gasteiger partial charge < -0.3 is 5.32 Å². The molecule has 0 radical (unpaired) electrons. The van der Waals surface area contributed by atoms with E-state index in [9.17, 15) is 0 Å². The lowest BCUT2D eigenvalue weighted by Gasteiger charge is -2.37. The molecule has 1 aliphatic heterocycles. The van der Waals surface area contributed by atoms with Gasteiger partial charge in [0.05, 0.1) is 0 Å². The summed E-state index contributed by atoms with van der Waals surface area (Å²) in [7, 11) is 0. The third kappa shape index (κ3) is 5.26. The van der Waals surface area contributed by atoms with Gasteiger partial charge in [0, 0.05) is 6.04 Å². The Balaban J connectivity index is 1.87. The van der Waals surface area contributed by atoms with E-state index in [0.717, 1.165) is 23.8 Å². The van der Waals surface area contributed by atoms with E-state index in [1.165, 1.54) is 75.8 Å². The third-order valence-corrected chi connectivity index (χ3v) is 6.60. The second-order valence-electron chi connectivity index (χ2n) is 7.05. The Kier molecular flexibility index (Phi) is 7.80. The Morgan fingerprint density at radius 3 is 2.55 bits per heavy atom. The fourth-order valence-corrected chi connectivity index (χ4v) is 5.39. The topological polar surface area (TPSA) is 12.0 Å². The van der Waals surface area contributed by atoms with Crippen LogP contribution in [0, 0.1) is 17.8 Å². The van der Waals surface area contributed by atoms with Gasteiger partial charge in [0.2, 0.25) is 0 Å². The molecule has 0 aromatic heterocycles. The quantitative estimate of drug-likeness (QED) is 0.701. The smallest absolute Gasteiger partial charge is 0.00980 e. The number of nitrogens with one attached hydrogen (secondary N) is 1. The molecular formula is C18H35NS. The standard InChI is InChI=1S/C18H35NS/c1-3-10-19-18(14-16-8-11-20-12-9-16)17-7-5-6-15(4-2)13-17/h15-19H,3-14H2,1-2H3. The zero-order chi connectivity index (χ0) is 14.2. The van der Waals surface area contributed by atoms with Crippen molar-refractivity contribution in [3.05, 3.63) is 0 Å². The molecule has 3 atom stereocenters. The van der Waals surface area contributed by atoms with Crippen molar-refractivity contribution >= 4 is 11.8 Å². The van der Waals surface area contributed by atoms with Crippen molar-refractivity contribution in [2.45, 2.75) is 77.7 Å². The summed E-state index contributed by atoms with van der Waals surface area (Å²) in [5.74, 6) is 5.81. The van der Waals surface area contributed by atoms with Gasteiger partial charge in [0.1, 0.15) is 0 Å². The molecule has 118 valence electrons. The number of hydrogen-bond donors (Lipinski definition) is 1. The highest BCUT2D eigenvalue weighted by Gasteiger charge is 2.29. The average molecular weight is 298 g/mol. The molecule has 2 aliphatic rings. The van der Waals surface area contributed by atoms with Crippen LogP contribution in [0.25, 0.3) is 0 Å². The maximum absolute atomic E-state index is 3.92. The summed E-state index contributed by atoms with van der Waals surface area (Å²) < 4.78 is 0. The van der Waals surface area contributed by atoms with Crippen molar-refractivity contribution in [1.82, 2.24) is 5.32 Å². The van der Waals surface area contributed by atoms with Crippen LogP contribution < -0.4 is 5.32 Å². The van der Waals surface area contributed by atoms with Crippen LogP contribution in [-0.2, 0) is 0 Å². The van der Waals surface area contributed by atoms with Crippen molar-refractivity contribution in [2.75, 3.05) is 18.1 Å². The van der Waals surface area contributed by atoms with Crippen molar-refractivity contribution < 1.29 is 0 Å². The molecule has 0 spiro atoms. The molecule has 1 N–H and O–H groups in total. The summed E-state index contributed by atoms with van der Waals surface area (Å²) >= 11 is 2.16. The summed E-state index contributed by atoms with van der Waals surface area (Å²) in [4.78, 5) is 0. The maximum atomic E-state index is 3.92. The highest BCUT2D eigenvalue weighted by Crippen LogP contribution is 2.36. The molecule has 0 bridgehead atoms. The highest BCUT2D eigenvalue weighted by atomic mass is 32.2. The first kappa shape index (κ1) is 16.7. The van der Waals surface area contributed by atoms with Gasteiger partial charge in [-0.3, -0.25) is 0 Å². The summed E-state index contributed by atoms with van der Waals surface area (Å²) in [5, 5.41) is 3.92. The van der Waals surface area contributed by atoms with E-state index >= 15 is 0 Å². The van der Waals surface area contributed by atoms with Crippen LogP contribution in [0.15, 0.2) is 0 Å². The van der Waals surface area contributed by atoms with Crippen LogP contribution in [0.5, 0.6) is 0 Å². The second-order valence-corrected chi connectivity index (χ2v) is 8.28. The van der Waals surface area contributed by atoms with Crippen molar-refractivity contribution in [1.29, 1.82) is 0 Å². The Bertz CT molecular complexity index is 250. The van der Waals surface area contributed by atoms with Gasteiger partial charge in [-0.25, -0.2) is 0 Å². The minimum absolute atomic E-state index is 0.817. The highest BCUT2D eigenvalue weighted by molar-refractivity contribution is 7.99. The predicted molar refractivity (Wildman–Crippen MR) is 92.5 cm³/mol. The molecule has 1 aliphatic carbocycles. The van der Waals surface area contributed by atoms with E-state index in [0.29, 0.717) is 0 Å². The first-order valence-electron chi connectivity index (χ1n) is 9.14. The van der Waals surface area contributed by atoms with Crippen LogP contribution in [0.4, 0.5) is 0 Å². The second kappa shape index (κ2) is 9.35. The van der Waals surface area contributed by atoms with E-state index in [2.05, 4.69) is 30.9 Å². The fraction of sp³-hybridized carbons (Fsp3) is 1.00. The Labute approximate surface area is 131 Å². The van der Waals surface area contributed by atoms with Crippen LogP contribution in [0.3, 0.4) is 0 Å². The van der Waals surface area contributed by atoms with Crippen LogP contribution in [0.1, 0.15) is 71.6 Å². The van der Waals surface area contributed by atoms with Gasteiger partial charge in [0.25, 0.3) is 0 Å². The van der Waals surface area contributed by atoms with Gasteiger partial charge in [0.15, 0.2) is 0 Å². The van der Waals surface area contributed by atoms with Gasteiger partial charge in [-0.1, -0.05) is 33.1 Å². The zero-order valence-corrected chi connectivity index (χ0v) is 14.5. The van der Waals surface area contributed by atoms with Gasteiger partial charge in [-0.2, -0.15) is 11.8 Å². The largest absolute Gasteiger partial charge is 0.314 e. The molecule has 3 unspecified atom stereocenters. The summed E-state index contributed by atoms with van der Waals surface area (Å²) in [6.45, 7) is 5.91. The molecule has 2 fully saturated rings. The zero-order valence-electron chi connectivity index (χ0n) is 13.7. The third-order valence-electron chi connectivity index (χ3n) is 5.55. The Morgan fingerprint density at radius 2 is 1.85 bits per heavy atom. The first-order chi connectivity index (χ1) is 9.83. The van der Waals surface area contributed by atoms with Crippen LogP contribution in [0.2, 0.25) is 0 Å². The van der Waals surface area contributed by atoms with Crippen LogP contribution in [-0.4, -0.2) is 24.1 Å². The molecule has 0 amide bonds. The molecule has 20 heavy (non-hydrogen) atoms. The maximum Gasteiger partial charge on any atom is 0.00980 e. The molecule has 0 aromatic carbocycles. The van der Waals surface area contributed by atoms with E-state index in [4.69, 9.17) is 0 Å². The van der Waals surface area contributed by atoms with Gasteiger partial charge in [-0.05, 0) is 74.3 Å². The lowest BCUT2D eigenvalue weighted by molar-refractivity contribution is 0.185. The van der Waals surface area contributed by atoms with Crippen molar-refractivity contribution in [2.24, 2.45) is 17.8 Å². The minimum atomic E-state index is 0.817. The van der Waals surface area contributed by atoms with E-state index < -0.39 is 0 Å². The minimum Gasteiger partial charge on any atom is -0.314 e. The SMILES string of the molecule is CCCNC(CC1CCSCC1)C1CCCC(CC)C1. The molecule has 1 nitrogen and oxygen atoms in total. The summed E-state index contributed by atoms with van der Waals surface area (Å²) in [6.07, 6.45) is 13.0. The number of hydrogen-bond acceptors (Lipinski definition) is 2. The van der Waals surface area contributed by atoms with Crippen molar-refractivity contribution in [3.8, 4) is 0 Å². The fourth-order valence-electron chi connectivity index (χ4n) is 4.18. The molecule has 0 aromatic rings. The Morgan fingerprint density at radius 1 is 1.05 bits per heavy atom. The van der Waals surface area contributed by atoms with Gasteiger partial charge in [-0.15, -0.1) is 0 Å². The lowest BCUT2D eigenvalue weighted by atomic mass is 9.74. The number of rotatable bonds is 7. The summed E-state index contributed by atoms with van der Waals surface area (Å²) in [5.41, 5.74) is 0. The molecule has 1 heterocycles.